The molecule has 8 heteroatoms. The Balaban J connectivity index is 1.63. The molecule has 4 rings (SSSR count). The molecule has 0 spiro atoms. The van der Waals surface area contributed by atoms with E-state index in [1.54, 1.807) is 4.57 Å². The molecule has 0 saturated carbocycles. The normalized spacial score (nSPS) is 11.3. The van der Waals surface area contributed by atoms with E-state index in [-0.39, 0.29) is 22.8 Å². The first-order chi connectivity index (χ1) is 15.2. The van der Waals surface area contributed by atoms with Gasteiger partial charge in [-0.15, -0.1) is 0 Å². The molecule has 0 radical (unpaired) electrons. The molecule has 31 heavy (non-hydrogen) atoms. The smallest absolute Gasteiger partial charge is 0.297 e. The lowest BCUT2D eigenvalue weighted by molar-refractivity contribution is -0.113. The fraction of sp³-hybridized carbons (Fsp3) is 0.261. The van der Waals surface area contributed by atoms with Crippen LogP contribution in [0, 0.1) is 0 Å². The van der Waals surface area contributed by atoms with Crippen LogP contribution in [0.25, 0.3) is 22.1 Å². The van der Waals surface area contributed by atoms with Crippen molar-refractivity contribution >= 4 is 45.4 Å². The summed E-state index contributed by atoms with van der Waals surface area (Å²) in [5, 5.41) is 4.13. The summed E-state index contributed by atoms with van der Waals surface area (Å²) in [4.78, 5) is 30.3. The number of furan rings is 1. The van der Waals surface area contributed by atoms with Crippen molar-refractivity contribution in [1.29, 1.82) is 0 Å². The molecule has 0 aliphatic heterocycles. The monoisotopic (exact) mass is 437 g/mol. The van der Waals surface area contributed by atoms with Gasteiger partial charge in [0, 0.05) is 30.8 Å². The lowest BCUT2D eigenvalue weighted by atomic mass is 10.2. The highest BCUT2D eigenvalue weighted by Crippen LogP contribution is 2.27. The third-order valence-electron chi connectivity index (χ3n) is 4.71. The molecule has 0 aliphatic rings. The quantitative estimate of drug-likeness (QED) is 0.239. The highest BCUT2D eigenvalue weighted by atomic mass is 32.2. The Labute approximate surface area is 183 Å². The van der Waals surface area contributed by atoms with Crippen molar-refractivity contribution in [2.45, 2.75) is 25.0 Å². The number of para-hydroxylation sites is 2. The largest absolute Gasteiger partial charge is 0.448 e. The Hall–Kier alpha value is -3.10. The topological polar surface area (TPSA) is 86.4 Å². The lowest BCUT2D eigenvalue weighted by Gasteiger charge is -2.12. The van der Waals surface area contributed by atoms with E-state index in [0.717, 1.165) is 11.1 Å². The van der Waals surface area contributed by atoms with Crippen LogP contribution in [-0.4, -0.2) is 34.4 Å². The van der Waals surface area contributed by atoms with Crippen LogP contribution in [0.1, 0.15) is 13.3 Å². The molecule has 0 fully saturated rings. The minimum atomic E-state index is -0.247. The molecule has 0 atom stereocenters. The van der Waals surface area contributed by atoms with Crippen molar-refractivity contribution in [3.63, 3.8) is 0 Å². The molecular formula is C23H23N3O4S. The highest BCUT2D eigenvalue weighted by molar-refractivity contribution is 7.99. The van der Waals surface area contributed by atoms with Gasteiger partial charge in [0.2, 0.25) is 11.5 Å². The number of hydrogen-bond acceptors (Lipinski definition) is 6. The average molecular weight is 438 g/mol. The Bertz CT molecular complexity index is 1250. The van der Waals surface area contributed by atoms with Crippen LogP contribution in [0.15, 0.2) is 69.0 Å². The number of thioether (sulfide) groups is 1. The van der Waals surface area contributed by atoms with Gasteiger partial charge in [-0.05, 0) is 37.6 Å². The lowest BCUT2D eigenvalue weighted by Crippen LogP contribution is -2.24. The third-order valence-corrected chi connectivity index (χ3v) is 5.69. The van der Waals surface area contributed by atoms with Gasteiger partial charge in [-0.3, -0.25) is 14.2 Å². The predicted molar refractivity (Wildman–Crippen MR) is 123 cm³/mol. The van der Waals surface area contributed by atoms with Gasteiger partial charge in [0.05, 0.1) is 5.75 Å². The molecule has 1 N–H and O–H groups in total. The number of anilines is 1. The number of carbonyl (C=O) groups excluding carboxylic acids is 1. The molecule has 160 valence electrons. The second-order valence-electron chi connectivity index (χ2n) is 6.88. The van der Waals surface area contributed by atoms with Crippen molar-refractivity contribution in [1.82, 2.24) is 9.55 Å². The number of fused-ring (bicyclic) bond motifs is 3. The SMILES string of the molecule is CCOCCCn1c(SCC(=O)Nc2ccccc2)nc2c(oc3ccccc32)c1=O. The fourth-order valence-corrected chi connectivity index (χ4v) is 4.10. The Kier molecular flexibility index (Phi) is 6.69. The zero-order valence-corrected chi connectivity index (χ0v) is 18.0. The predicted octanol–water partition coefficient (Wildman–Crippen LogP) is 4.30. The third kappa shape index (κ3) is 4.81. The molecular weight excluding hydrogens is 414 g/mol. The highest BCUT2D eigenvalue weighted by Gasteiger charge is 2.18. The van der Waals surface area contributed by atoms with Gasteiger partial charge in [-0.2, -0.15) is 0 Å². The summed E-state index contributed by atoms with van der Waals surface area (Å²) in [6.45, 7) is 3.53. The number of hydrogen-bond donors (Lipinski definition) is 1. The van der Waals surface area contributed by atoms with E-state index in [9.17, 15) is 9.59 Å². The summed E-state index contributed by atoms with van der Waals surface area (Å²) < 4.78 is 12.8. The van der Waals surface area contributed by atoms with E-state index < -0.39 is 0 Å². The summed E-state index contributed by atoms with van der Waals surface area (Å²) in [7, 11) is 0. The number of ether oxygens (including phenoxy) is 1. The summed E-state index contributed by atoms with van der Waals surface area (Å²) in [5.41, 5.74) is 1.85. The van der Waals surface area contributed by atoms with E-state index >= 15 is 0 Å². The van der Waals surface area contributed by atoms with Crippen molar-refractivity contribution in [2.75, 3.05) is 24.3 Å². The Morgan fingerprint density at radius 3 is 2.74 bits per heavy atom. The first-order valence-electron chi connectivity index (χ1n) is 10.1. The van der Waals surface area contributed by atoms with Gasteiger partial charge in [0.15, 0.2) is 5.16 Å². The van der Waals surface area contributed by atoms with Crippen LogP contribution < -0.4 is 10.9 Å². The molecule has 0 aliphatic carbocycles. The van der Waals surface area contributed by atoms with E-state index in [4.69, 9.17) is 14.1 Å². The van der Waals surface area contributed by atoms with Crippen molar-refractivity contribution < 1.29 is 13.9 Å². The maximum atomic E-state index is 13.2. The molecule has 1 amide bonds. The number of carbonyl (C=O) groups is 1. The van der Waals surface area contributed by atoms with Crippen molar-refractivity contribution in [2.24, 2.45) is 0 Å². The van der Waals surface area contributed by atoms with Crippen LogP contribution in [0.3, 0.4) is 0 Å². The molecule has 2 heterocycles. The zero-order valence-electron chi connectivity index (χ0n) is 17.2. The maximum absolute atomic E-state index is 13.2. The van der Waals surface area contributed by atoms with E-state index in [0.29, 0.717) is 42.4 Å². The number of nitrogens with zero attached hydrogens (tertiary/aromatic N) is 2. The van der Waals surface area contributed by atoms with Gasteiger partial charge < -0.3 is 14.5 Å². The van der Waals surface area contributed by atoms with E-state index in [2.05, 4.69) is 5.32 Å². The number of nitrogens with one attached hydrogen (secondary N) is 1. The van der Waals surface area contributed by atoms with Crippen LogP contribution in [0.2, 0.25) is 0 Å². The second kappa shape index (κ2) is 9.80. The molecule has 2 aromatic heterocycles. The minimum absolute atomic E-state index is 0.133. The van der Waals surface area contributed by atoms with Gasteiger partial charge in [-0.1, -0.05) is 42.1 Å². The van der Waals surface area contributed by atoms with Crippen LogP contribution >= 0.6 is 11.8 Å². The minimum Gasteiger partial charge on any atom is -0.448 e. The molecule has 7 nitrogen and oxygen atoms in total. The maximum Gasteiger partial charge on any atom is 0.297 e. The fourth-order valence-electron chi connectivity index (χ4n) is 3.28. The van der Waals surface area contributed by atoms with Crippen molar-refractivity contribution in [3.8, 4) is 0 Å². The molecule has 4 aromatic rings. The van der Waals surface area contributed by atoms with Crippen LogP contribution in [-0.2, 0) is 16.1 Å². The number of aromatic nitrogens is 2. The Morgan fingerprint density at radius 2 is 1.94 bits per heavy atom. The number of benzene rings is 2. The molecule has 0 saturated heterocycles. The first kappa shape index (κ1) is 21.1. The van der Waals surface area contributed by atoms with Crippen LogP contribution in [0.5, 0.6) is 0 Å². The first-order valence-corrected chi connectivity index (χ1v) is 11.1. The second-order valence-corrected chi connectivity index (χ2v) is 7.82. The van der Waals surface area contributed by atoms with Crippen molar-refractivity contribution in [3.05, 3.63) is 65.0 Å². The standard InChI is InChI=1S/C23H23N3O4S/c1-2-29-14-8-13-26-22(28)21-20(17-11-6-7-12-18(17)30-21)25-23(26)31-15-19(27)24-16-9-4-3-5-10-16/h3-7,9-12H,2,8,13-15H2,1H3,(H,24,27). The molecule has 0 bridgehead atoms. The van der Waals surface area contributed by atoms with E-state index in [1.807, 2.05) is 61.5 Å². The van der Waals surface area contributed by atoms with E-state index in [1.165, 1.54) is 11.8 Å². The van der Waals surface area contributed by atoms with Gasteiger partial charge >= 0.3 is 0 Å². The number of rotatable bonds is 9. The molecule has 0 unspecified atom stereocenters. The van der Waals surface area contributed by atoms with Gasteiger partial charge in [-0.25, -0.2) is 4.98 Å². The molecule has 2 aromatic carbocycles. The number of amides is 1. The van der Waals surface area contributed by atoms with Gasteiger partial charge in [0.25, 0.3) is 5.56 Å². The van der Waals surface area contributed by atoms with Crippen LogP contribution in [0.4, 0.5) is 5.69 Å². The van der Waals surface area contributed by atoms with Gasteiger partial charge in [0.1, 0.15) is 11.1 Å². The average Bonchev–Trinajstić information content (AvgIpc) is 3.16. The zero-order chi connectivity index (χ0) is 21.6. The summed E-state index contributed by atoms with van der Waals surface area (Å²) >= 11 is 1.24. The summed E-state index contributed by atoms with van der Waals surface area (Å²) in [5.74, 6) is -0.0304. The summed E-state index contributed by atoms with van der Waals surface area (Å²) in [6.07, 6.45) is 0.658. The summed E-state index contributed by atoms with van der Waals surface area (Å²) in [6, 6.07) is 16.7. The Morgan fingerprint density at radius 1 is 1.16 bits per heavy atom.